The molecule has 0 saturated heterocycles. The molecule has 2 rings (SSSR count). The van der Waals surface area contributed by atoms with Crippen molar-refractivity contribution in [3.05, 3.63) is 44.1 Å². The van der Waals surface area contributed by atoms with E-state index in [1.54, 1.807) is 25.6 Å². The lowest BCUT2D eigenvalue weighted by Gasteiger charge is -2.13. The molecule has 0 bridgehead atoms. The van der Waals surface area contributed by atoms with Crippen LogP contribution in [-0.2, 0) is 0 Å². The number of thiophene rings is 1. The van der Waals surface area contributed by atoms with Gasteiger partial charge in [-0.05, 0) is 52.2 Å². The second-order valence-corrected chi connectivity index (χ2v) is 7.62. The molecule has 1 aromatic heterocycles. The van der Waals surface area contributed by atoms with Crippen molar-refractivity contribution in [2.45, 2.75) is 11.8 Å². The summed E-state index contributed by atoms with van der Waals surface area (Å²) in [5.74, 6) is 1.59. The van der Waals surface area contributed by atoms with Crippen molar-refractivity contribution in [2.24, 2.45) is 0 Å². The monoisotopic (exact) mass is 404 g/mol. The molecule has 0 fully saturated rings. The highest BCUT2D eigenvalue weighted by Crippen LogP contribution is 2.40. The number of aryl methyl sites for hydroxylation is 1. The molecule has 0 spiro atoms. The first kappa shape index (κ1) is 14.9. The van der Waals surface area contributed by atoms with Crippen molar-refractivity contribution >= 4 is 43.2 Å². The van der Waals surface area contributed by atoms with Crippen LogP contribution in [-0.4, -0.2) is 14.2 Å². The maximum atomic E-state index is 5.31. The Morgan fingerprint density at radius 2 is 1.63 bits per heavy atom. The molecule has 1 unspecified atom stereocenters. The normalized spacial score (nSPS) is 12.3. The van der Waals surface area contributed by atoms with Gasteiger partial charge in [-0.25, -0.2) is 0 Å². The van der Waals surface area contributed by atoms with Crippen LogP contribution in [0.1, 0.15) is 20.8 Å². The molecule has 0 radical (unpaired) electrons. The lowest BCUT2D eigenvalue weighted by molar-refractivity contribution is 0.393. The average Bonchev–Trinajstić information content (AvgIpc) is 2.76. The van der Waals surface area contributed by atoms with Crippen LogP contribution in [0.2, 0.25) is 0 Å². The first-order valence-corrected chi connectivity index (χ1v) is 8.20. The molecule has 1 atom stereocenters. The molecule has 2 aromatic rings. The summed E-state index contributed by atoms with van der Waals surface area (Å²) in [6, 6.07) is 8.06. The predicted octanol–water partition coefficient (Wildman–Crippen LogP) is 5.32. The molecular weight excluding hydrogens is 392 g/mol. The van der Waals surface area contributed by atoms with Crippen molar-refractivity contribution in [2.75, 3.05) is 14.2 Å². The molecule has 0 N–H and O–H groups in total. The predicted molar refractivity (Wildman–Crippen MR) is 87.1 cm³/mol. The Hall–Kier alpha value is -0.520. The van der Waals surface area contributed by atoms with E-state index in [9.17, 15) is 0 Å². The van der Waals surface area contributed by atoms with Crippen molar-refractivity contribution in [3.8, 4) is 11.5 Å². The summed E-state index contributed by atoms with van der Waals surface area (Å²) in [6.45, 7) is 2.12. The van der Waals surface area contributed by atoms with E-state index in [4.69, 9.17) is 9.47 Å². The molecule has 1 heterocycles. The van der Waals surface area contributed by atoms with Gasteiger partial charge in [0, 0.05) is 10.9 Å². The van der Waals surface area contributed by atoms with Crippen molar-refractivity contribution in [1.82, 2.24) is 0 Å². The molecule has 0 aliphatic carbocycles. The van der Waals surface area contributed by atoms with Crippen LogP contribution in [0.4, 0.5) is 0 Å². The van der Waals surface area contributed by atoms with Crippen LogP contribution >= 0.6 is 43.2 Å². The second-order valence-electron chi connectivity index (χ2n) is 4.07. The third-order valence-electron chi connectivity index (χ3n) is 2.87. The Kier molecular flexibility index (Phi) is 4.92. The molecule has 0 aliphatic rings. The molecular formula is C14H14Br2O2S. The van der Waals surface area contributed by atoms with Crippen LogP contribution in [0.15, 0.2) is 28.1 Å². The van der Waals surface area contributed by atoms with Crippen molar-refractivity contribution < 1.29 is 9.47 Å². The van der Waals surface area contributed by atoms with Gasteiger partial charge in [-0.1, -0.05) is 15.9 Å². The van der Waals surface area contributed by atoms with Crippen LogP contribution in [0.25, 0.3) is 0 Å². The average molecular weight is 406 g/mol. The van der Waals surface area contributed by atoms with Crippen molar-refractivity contribution in [3.63, 3.8) is 0 Å². The molecule has 0 saturated carbocycles. The topological polar surface area (TPSA) is 18.5 Å². The summed E-state index contributed by atoms with van der Waals surface area (Å²) >= 11 is 9.02. The quantitative estimate of drug-likeness (QED) is 0.640. The molecule has 1 aromatic carbocycles. The highest BCUT2D eigenvalue weighted by molar-refractivity contribution is 9.11. The fraction of sp³-hybridized carbons (Fsp3) is 0.286. The Balaban J connectivity index is 2.43. The van der Waals surface area contributed by atoms with Gasteiger partial charge in [-0.15, -0.1) is 11.3 Å². The Bertz CT molecular complexity index is 559. The first-order valence-electron chi connectivity index (χ1n) is 5.68. The molecule has 5 heteroatoms. The van der Waals surface area contributed by atoms with Gasteiger partial charge in [0.1, 0.15) is 11.5 Å². The molecule has 0 amide bonds. The summed E-state index contributed by atoms with van der Waals surface area (Å²) in [7, 11) is 3.32. The molecule has 102 valence electrons. The van der Waals surface area contributed by atoms with Gasteiger partial charge in [0.05, 0.1) is 22.8 Å². The fourth-order valence-electron chi connectivity index (χ4n) is 1.87. The largest absolute Gasteiger partial charge is 0.497 e. The standard InChI is InChI=1S/C14H14Br2O2S/c1-8-12(7-13(15)19-8)14(16)9-4-10(17-2)6-11(5-9)18-3/h4-7,14H,1-3H3. The van der Waals surface area contributed by atoms with Crippen molar-refractivity contribution in [1.29, 1.82) is 0 Å². The minimum atomic E-state index is 0.124. The number of rotatable bonds is 4. The summed E-state index contributed by atoms with van der Waals surface area (Å²) < 4.78 is 11.8. The number of halogens is 2. The second kappa shape index (κ2) is 6.29. The highest BCUT2D eigenvalue weighted by Gasteiger charge is 2.17. The summed E-state index contributed by atoms with van der Waals surface area (Å²) in [4.78, 5) is 1.41. The number of alkyl halides is 1. The summed E-state index contributed by atoms with van der Waals surface area (Å²) in [5.41, 5.74) is 2.37. The van der Waals surface area contributed by atoms with E-state index in [2.05, 4.69) is 44.8 Å². The van der Waals surface area contributed by atoms with Gasteiger partial charge < -0.3 is 9.47 Å². The lowest BCUT2D eigenvalue weighted by atomic mass is 10.1. The Morgan fingerprint density at radius 1 is 1.05 bits per heavy atom. The van der Waals surface area contributed by atoms with Gasteiger partial charge in [0.2, 0.25) is 0 Å². The smallest absolute Gasteiger partial charge is 0.122 e. The van der Waals surface area contributed by atoms with E-state index in [1.165, 1.54) is 10.4 Å². The van der Waals surface area contributed by atoms with Crippen LogP contribution in [0.5, 0.6) is 11.5 Å². The minimum Gasteiger partial charge on any atom is -0.497 e. The number of ether oxygens (including phenoxy) is 2. The van der Waals surface area contributed by atoms with E-state index in [0.29, 0.717) is 0 Å². The lowest BCUT2D eigenvalue weighted by Crippen LogP contribution is -1.96. The minimum absolute atomic E-state index is 0.124. The molecule has 2 nitrogen and oxygen atoms in total. The maximum absolute atomic E-state index is 5.31. The van der Waals surface area contributed by atoms with E-state index in [1.807, 2.05) is 18.2 Å². The number of methoxy groups -OCH3 is 2. The third kappa shape index (κ3) is 3.33. The van der Waals surface area contributed by atoms with Gasteiger partial charge in [0.25, 0.3) is 0 Å². The van der Waals surface area contributed by atoms with Gasteiger partial charge in [0.15, 0.2) is 0 Å². The van der Waals surface area contributed by atoms with Crippen LogP contribution in [0, 0.1) is 6.92 Å². The van der Waals surface area contributed by atoms with E-state index in [-0.39, 0.29) is 4.83 Å². The zero-order valence-electron chi connectivity index (χ0n) is 10.9. The van der Waals surface area contributed by atoms with Gasteiger partial charge in [-0.2, -0.15) is 0 Å². The highest BCUT2D eigenvalue weighted by atomic mass is 79.9. The van der Waals surface area contributed by atoms with Gasteiger partial charge >= 0.3 is 0 Å². The third-order valence-corrected chi connectivity index (χ3v) is 5.46. The molecule has 19 heavy (non-hydrogen) atoms. The fourth-order valence-corrected chi connectivity index (χ4v) is 4.50. The summed E-state index contributed by atoms with van der Waals surface area (Å²) in [6.07, 6.45) is 0. The Morgan fingerprint density at radius 3 is 2.05 bits per heavy atom. The van der Waals surface area contributed by atoms with E-state index >= 15 is 0 Å². The Labute approximate surface area is 134 Å². The van der Waals surface area contributed by atoms with E-state index in [0.717, 1.165) is 20.8 Å². The number of hydrogen-bond acceptors (Lipinski definition) is 3. The molecule has 0 aliphatic heterocycles. The SMILES string of the molecule is COc1cc(OC)cc(C(Br)c2cc(Br)sc2C)c1. The van der Waals surface area contributed by atoms with Crippen LogP contribution in [0.3, 0.4) is 0 Å². The van der Waals surface area contributed by atoms with Gasteiger partial charge in [-0.3, -0.25) is 0 Å². The first-order chi connectivity index (χ1) is 9.05. The zero-order chi connectivity index (χ0) is 14.0. The number of benzene rings is 1. The van der Waals surface area contributed by atoms with Crippen LogP contribution < -0.4 is 9.47 Å². The van der Waals surface area contributed by atoms with E-state index < -0.39 is 0 Å². The number of hydrogen-bond donors (Lipinski definition) is 0. The zero-order valence-corrected chi connectivity index (χ0v) is 14.9. The maximum Gasteiger partial charge on any atom is 0.122 e. The summed E-state index contributed by atoms with van der Waals surface area (Å²) in [5, 5.41) is 0.